The number of nitrogens with zero attached hydrogens (tertiary/aromatic N) is 4. The second-order valence-electron chi connectivity index (χ2n) is 6.18. The molecule has 1 aromatic carbocycles. The molecular weight excluding hydrogens is 346 g/mol. The van der Waals surface area contributed by atoms with Crippen LogP contribution in [0.15, 0.2) is 42.4 Å². The Bertz CT molecular complexity index is 909. The van der Waals surface area contributed by atoms with Gasteiger partial charge < -0.3 is 4.74 Å². The van der Waals surface area contributed by atoms with Crippen LogP contribution in [-0.4, -0.2) is 44.7 Å². The van der Waals surface area contributed by atoms with Crippen LogP contribution in [-0.2, 0) is 14.3 Å². The first-order valence-corrected chi connectivity index (χ1v) is 8.58. The van der Waals surface area contributed by atoms with Crippen LogP contribution in [0.25, 0.3) is 17.6 Å². The molecular formula is C19H21N5O3. The van der Waals surface area contributed by atoms with Gasteiger partial charge in [0.05, 0.1) is 6.61 Å². The largest absolute Gasteiger partial charge is 0.496 e. The fourth-order valence-corrected chi connectivity index (χ4v) is 2.76. The molecule has 27 heavy (non-hydrogen) atoms. The Kier molecular flexibility index (Phi) is 5.35. The third kappa shape index (κ3) is 4.60. The Morgan fingerprint density at radius 2 is 2.04 bits per heavy atom. The van der Waals surface area contributed by atoms with Crippen molar-refractivity contribution >= 4 is 18.0 Å². The number of hydrogen-bond donors (Lipinski definition) is 1. The van der Waals surface area contributed by atoms with Gasteiger partial charge in [0.1, 0.15) is 18.6 Å². The standard InChI is InChI=1S/C19H21N5O3/c1-4-27-16-10-18(26)24(11-16)21-17(25)5-6-23-12-20-19(22-23)15-8-13(2)7-14(3)9-15/h5-10,12H,4,11H2,1-3H3,(H,21,25)/b6-5-. The highest BCUT2D eigenvalue weighted by Gasteiger charge is 2.23. The molecule has 8 heteroatoms. The van der Waals surface area contributed by atoms with Crippen LogP contribution in [0.1, 0.15) is 18.1 Å². The van der Waals surface area contributed by atoms with E-state index in [9.17, 15) is 9.59 Å². The molecule has 0 spiro atoms. The van der Waals surface area contributed by atoms with Crippen LogP contribution >= 0.6 is 0 Å². The van der Waals surface area contributed by atoms with Crippen LogP contribution in [0.5, 0.6) is 0 Å². The van der Waals surface area contributed by atoms with E-state index in [1.807, 2.05) is 32.9 Å². The normalized spacial score (nSPS) is 14.0. The van der Waals surface area contributed by atoms with Crippen LogP contribution in [0.3, 0.4) is 0 Å². The van der Waals surface area contributed by atoms with Crippen molar-refractivity contribution in [3.8, 4) is 11.4 Å². The molecule has 1 aliphatic rings. The fourth-order valence-electron chi connectivity index (χ4n) is 2.76. The van der Waals surface area contributed by atoms with Gasteiger partial charge in [0.2, 0.25) is 0 Å². The number of aromatic nitrogens is 3. The van der Waals surface area contributed by atoms with E-state index in [1.54, 1.807) is 0 Å². The average molecular weight is 367 g/mol. The second kappa shape index (κ2) is 7.86. The van der Waals surface area contributed by atoms with Crippen molar-refractivity contribution in [3.05, 3.63) is 53.6 Å². The zero-order chi connectivity index (χ0) is 19.4. The summed E-state index contributed by atoms with van der Waals surface area (Å²) in [5.41, 5.74) is 5.69. The number of carbonyl (C=O) groups excluding carboxylic acids is 2. The summed E-state index contributed by atoms with van der Waals surface area (Å²) in [4.78, 5) is 28.1. The van der Waals surface area contributed by atoms with E-state index in [2.05, 4.69) is 21.6 Å². The number of rotatable bonds is 6. The van der Waals surface area contributed by atoms with E-state index in [4.69, 9.17) is 4.74 Å². The van der Waals surface area contributed by atoms with E-state index in [0.717, 1.165) is 16.7 Å². The molecule has 0 unspecified atom stereocenters. The summed E-state index contributed by atoms with van der Waals surface area (Å²) in [7, 11) is 0. The lowest BCUT2D eigenvalue weighted by atomic mass is 10.1. The fraction of sp³-hybridized carbons (Fsp3) is 0.263. The van der Waals surface area contributed by atoms with Gasteiger partial charge in [0.25, 0.3) is 11.8 Å². The molecule has 0 fully saturated rings. The topological polar surface area (TPSA) is 89.4 Å². The number of carbonyl (C=O) groups is 2. The Labute approximate surface area is 157 Å². The summed E-state index contributed by atoms with van der Waals surface area (Å²) < 4.78 is 6.73. The third-order valence-electron chi connectivity index (χ3n) is 3.81. The highest BCUT2D eigenvalue weighted by molar-refractivity contribution is 5.95. The molecule has 2 heterocycles. The van der Waals surface area contributed by atoms with E-state index in [0.29, 0.717) is 18.2 Å². The Hall–Kier alpha value is -3.42. The smallest absolute Gasteiger partial charge is 0.268 e. The first-order chi connectivity index (χ1) is 12.9. The SMILES string of the molecule is CCOC1=CC(=O)N(NC(=O)/C=C\n2cnc(-c3cc(C)cc(C)c3)n2)C1. The Morgan fingerprint density at radius 1 is 1.30 bits per heavy atom. The van der Waals surface area contributed by atoms with Gasteiger partial charge in [-0.1, -0.05) is 17.2 Å². The summed E-state index contributed by atoms with van der Waals surface area (Å²) in [6.45, 7) is 6.55. The second-order valence-corrected chi connectivity index (χ2v) is 6.18. The maximum absolute atomic E-state index is 12.0. The number of amides is 2. The van der Waals surface area contributed by atoms with E-state index >= 15 is 0 Å². The maximum atomic E-state index is 12.0. The van der Waals surface area contributed by atoms with Crippen LogP contribution in [0.2, 0.25) is 0 Å². The first-order valence-electron chi connectivity index (χ1n) is 8.58. The van der Waals surface area contributed by atoms with Crippen LogP contribution in [0, 0.1) is 13.8 Å². The van der Waals surface area contributed by atoms with Crippen molar-refractivity contribution in [1.82, 2.24) is 25.2 Å². The van der Waals surface area contributed by atoms with Crippen molar-refractivity contribution in [2.45, 2.75) is 20.8 Å². The minimum Gasteiger partial charge on any atom is -0.496 e. The molecule has 1 N–H and O–H groups in total. The van der Waals surface area contributed by atoms with E-state index in [-0.39, 0.29) is 12.5 Å². The molecule has 2 amide bonds. The van der Waals surface area contributed by atoms with E-state index < -0.39 is 5.91 Å². The predicted octanol–water partition coefficient (Wildman–Crippen LogP) is 1.83. The van der Waals surface area contributed by atoms with Gasteiger partial charge in [-0.05, 0) is 32.9 Å². The highest BCUT2D eigenvalue weighted by atomic mass is 16.5. The summed E-state index contributed by atoms with van der Waals surface area (Å²) in [5, 5.41) is 5.54. The van der Waals surface area contributed by atoms with Crippen molar-refractivity contribution in [2.24, 2.45) is 0 Å². The van der Waals surface area contributed by atoms with Crippen molar-refractivity contribution in [1.29, 1.82) is 0 Å². The molecule has 1 aromatic heterocycles. The van der Waals surface area contributed by atoms with Gasteiger partial charge in [-0.25, -0.2) is 14.7 Å². The summed E-state index contributed by atoms with van der Waals surface area (Å²) >= 11 is 0. The van der Waals surface area contributed by atoms with Crippen molar-refractivity contribution in [2.75, 3.05) is 13.2 Å². The number of benzene rings is 1. The van der Waals surface area contributed by atoms with Gasteiger partial charge in [0.15, 0.2) is 5.82 Å². The molecule has 0 radical (unpaired) electrons. The maximum Gasteiger partial charge on any atom is 0.268 e. The quantitative estimate of drug-likeness (QED) is 0.787. The van der Waals surface area contributed by atoms with Gasteiger partial charge in [0, 0.05) is 23.9 Å². The van der Waals surface area contributed by atoms with Crippen molar-refractivity contribution in [3.63, 3.8) is 0 Å². The molecule has 0 atom stereocenters. The van der Waals surface area contributed by atoms with Crippen LogP contribution in [0.4, 0.5) is 0 Å². The average Bonchev–Trinajstić information content (AvgIpc) is 3.20. The first kappa shape index (κ1) is 18.4. The predicted molar refractivity (Wildman–Crippen MR) is 99.8 cm³/mol. The number of aryl methyl sites for hydroxylation is 2. The molecule has 0 aliphatic carbocycles. The highest BCUT2D eigenvalue weighted by Crippen LogP contribution is 2.18. The van der Waals surface area contributed by atoms with Gasteiger partial charge in [-0.15, -0.1) is 5.10 Å². The number of nitrogens with one attached hydrogen (secondary N) is 1. The summed E-state index contributed by atoms with van der Waals surface area (Å²) in [6.07, 6.45) is 5.64. The van der Waals surface area contributed by atoms with Crippen LogP contribution < -0.4 is 5.43 Å². The summed E-state index contributed by atoms with van der Waals surface area (Å²) in [5.74, 6) is 0.337. The zero-order valence-electron chi connectivity index (χ0n) is 15.5. The van der Waals surface area contributed by atoms with Gasteiger partial charge in [-0.2, -0.15) is 0 Å². The Morgan fingerprint density at radius 3 is 2.74 bits per heavy atom. The molecule has 0 saturated carbocycles. The van der Waals surface area contributed by atoms with Crippen molar-refractivity contribution < 1.29 is 14.3 Å². The lowest BCUT2D eigenvalue weighted by Gasteiger charge is -2.16. The summed E-state index contributed by atoms with van der Waals surface area (Å²) in [6, 6.07) is 6.09. The zero-order valence-corrected chi connectivity index (χ0v) is 15.5. The molecule has 140 valence electrons. The molecule has 3 rings (SSSR count). The Balaban J connectivity index is 1.61. The molecule has 0 bridgehead atoms. The minimum atomic E-state index is -0.446. The minimum absolute atomic E-state index is 0.215. The lowest BCUT2D eigenvalue weighted by Crippen LogP contribution is -2.42. The molecule has 1 aliphatic heterocycles. The number of hydrogen-bond acceptors (Lipinski definition) is 5. The molecule has 8 nitrogen and oxygen atoms in total. The van der Waals surface area contributed by atoms with E-state index in [1.165, 1.54) is 34.4 Å². The van der Waals surface area contributed by atoms with Gasteiger partial charge >= 0.3 is 0 Å². The van der Waals surface area contributed by atoms with Gasteiger partial charge in [-0.3, -0.25) is 15.0 Å². The molecule has 2 aromatic rings. The lowest BCUT2D eigenvalue weighted by molar-refractivity contribution is -0.134. The molecule has 0 saturated heterocycles. The number of hydrazine groups is 1. The monoisotopic (exact) mass is 367 g/mol. The number of ether oxygens (including phenoxy) is 1. The third-order valence-corrected chi connectivity index (χ3v) is 3.81.